The van der Waals surface area contributed by atoms with Crippen LogP contribution in [-0.2, 0) is 10.3 Å². The van der Waals surface area contributed by atoms with Gasteiger partial charge >= 0.3 is 6.36 Å². The van der Waals surface area contributed by atoms with E-state index in [9.17, 15) is 22.7 Å². The van der Waals surface area contributed by atoms with Crippen molar-refractivity contribution in [3.63, 3.8) is 0 Å². The van der Waals surface area contributed by atoms with E-state index < -0.39 is 23.5 Å². The number of hydrogen-bond acceptors (Lipinski definition) is 4. The molecule has 2 fully saturated rings. The Morgan fingerprint density at radius 2 is 1.87 bits per heavy atom. The lowest BCUT2D eigenvalue weighted by molar-refractivity contribution is -0.275. The third-order valence-corrected chi connectivity index (χ3v) is 4.61. The standard InChI is InChI=1S/C15H17F4NO3/c1-20-10-5-14(21,6-11(20)8-22-7-10)9-2-3-13(12(16)4-9)23-15(17,18)19/h2-4,10-11,21H,5-8H2,1H3. The van der Waals surface area contributed by atoms with E-state index in [2.05, 4.69) is 9.64 Å². The van der Waals surface area contributed by atoms with Crippen molar-refractivity contribution in [2.75, 3.05) is 20.3 Å². The number of likely N-dealkylation sites (N-methyl/N-ethyl adjacent to an activating group) is 1. The van der Waals surface area contributed by atoms with E-state index in [1.807, 2.05) is 7.05 Å². The fraction of sp³-hybridized carbons (Fsp3) is 0.600. The Hall–Kier alpha value is -1.38. The summed E-state index contributed by atoms with van der Waals surface area (Å²) in [7, 11) is 1.94. The van der Waals surface area contributed by atoms with Crippen LogP contribution < -0.4 is 4.74 Å². The molecule has 0 spiro atoms. The van der Waals surface area contributed by atoms with Gasteiger partial charge in [0.1, 0.15) is 0 Å². The lowest BCUT2D eigenvalue weighted by Crippen LogP contribution is -2.59. The Bertz CT molecular complexity index is 579. The SMILES string of the molecule is CN1C2COCC1CC(O)(c1ccc(OC(F)(F)F)c(F)c1)C2. The molecule has 2 heterocycles. The molecule has 2 aliphatic heterocycles. The Labute approximate surface area is 130 Å². The molecule has 128 valence electrons. The molecule has 0 saturated carbocycles. The van der Waals surface area contributed by atoms with Gasteiger partial charge in [-0.2, -0.15) is 0 Å². The normalized spacial score (nSPS) is 31.9. The molecule has 2 atom stereocenters. The first kappa shape index (κ1) is 16.5. The lowest BCUT2D eigenvalue weighted by atomic mass is 9.77. The molecule has 3 rings (SSSR count). The van der Waals surface area contributed by atoms with Crippen molar-refractivity contribution >= 4 is 0 Å². The molecule has 2 aliphatic rings. The molecule has 0 radical (unpaired) electrons. The lowest BCUT2D eigenvalue weighted by Gasteiger charge is -2.50. The molecule has 0 aliphatic carbocycles. The number of aliphatic hydroxyl groups is 1. The Morgan fingerprint density at radius 1 is 1.26 bits per heavy atom. The van der Waals surface area contributed by atoms with Crippen LogP contribution in [0, 0.1) is 5.82 Å². The molecule has 23 heavy (non-hydrogen) atoms. The number of nitrogens with zero attached hydrogens (tertiary/aromatic N) is 1. The van der Waals surface area contributed by atoms with Crippen LogP contribution >= 0.6 is 0 Å². The average Bonchev–Trinajstić information content (AvgIpc) is 2.41. The monoisotopic (exact) mass is 335 g/mol. The van der Waals surface area contributed by atoms with Gasteiger partial charge in [0.05, 0.1) is 18.8 Å². The predicted octanol–water partition coefficient (Wildman–Crippen LogP) is 2.40. The molecule has 0 aromatic heterocycles. The van der Waals surface area contributed by atoms with E-state index in [1.165, 1.54) is 6.07 Å². The van der Waals surface area contributed by atoms with Crippen LogP contribution in [0.1, 0.15) is 18.4 Å². The number of fused-ring (bicyclic) bond motifs is 2. The van der Waals surface area contributed by atoms with E-state index >= 15 is 0 Å². The Kier molecular flexibility index (Phi) is 4.02. The van der Waals surface area contributed by atoms with Crippen LogP contribution in [0.3, 0.4) is 0 Å². The number of morpholine rings is 1. The highest BCUT2D eigenvalue weighted by Crippen LogP contribution is 2.41. The number of ether oxygens (including phenoxy) is 2. The quantitative estimate of drug-likeness (QED) is 0.843. The van der Waals surface area contributed by atoms with E-state index in [1.54, 1.807) is 0 Å². The van der Waals surface area contributed by atoms with Crippen LogP contribution in [0.25, 0.3) is 0 Å². The van der Waals surface area contributed by atoms with Crippen LogP contribution in [-0.4, -0.2) is 48.7 Å². The van der Waals surface area contributed by atoms with Gasteiger partial charge in [-0.05, 0) is 37.6 Å². The second kappa shape index (κ2) is 5.61. The number of rotatable bonds is 2. The maximum Gasteiger partial charge on any atom is 0.573 e. The highest BCUT2D eigenvalue weighted by molar-refractivity contribution is 5.33. The van der Waals surface area contributed by atoms with Crippen molar-refractivity contribution in [2.24, 2.45) is 0 Å². The molecular formula is C15H17F4NO3. The van der Waals surface area contributed by atoms with Gasteiger partial charge in [-0.25, -0.2) is 4.39 Å². The van der Waals surface area contributed by atoms with Crippen LogP contribution in [0.5, 0.6) is 5.75 Å². The van der Waals surface area contributed by atoms with Gasteiger partial charge in [-0.15, -0.1) is 13.2 Å². The molecule has 2 bridgehead atoms. The second-order valence-electron chi connectivity index (χ2n) is 6.14. The number of benzene rings is 1. The third-order valence-electron chi connectivity index (χ3n) is 4.61. The van der Waals surface area contributed by atoms with Gasteiger partial charge in [0.2, 0.25) is 0 Å². The molecule has 2 unspecified atom stereocenters. The summed E-state index contributed by atoms with van der Waals surface area (Å²) in [5.74, 6) is -2.05. The predicted molar refractivity (Wildman–Crippen MR) is 72.4 cm³/mol. The highest BCUT2D eigenvalue weighted by Gasteiger charge is 2.46. The summed E-state index contributed by atoms with van der Waals surface area (Å²) in [6, 6.07) is 3.08. The molecule has 1 aromatic rings. The average molecular weight is 335 g/mol. The topological polar surface area (TPSA) is 41.9 Å². The first-order chi connectivity index (χ1) is 10.7. The summed E-state index contributed by atoms with van der Waals surface area (Å²) in [5, 5.41) is 10.9. The summed E-state index contributed by atoms with van der Waals surface area (Å²) >= 11 is 0. The molecule has 8 heteroatoms. The van der Waals surface area contributed by atoms with Gasteiger partial charge in [0.25, 0.3) is 0 Å². The minimum Gasteiger partial charge on any atom is -0.403 e. The second-order valence-corrected chi connectivity index (χ2v) is 6.14. The zero-order chi connectivity index (χ0) is 16.8. The van der Waals surface area contributed by atoms with E-state index in [0.29, 0.717) is 26.1 Å². The maximum absolute atomic E-state index is 13.9. The summed E-state index contributed by atoms with van der Waals surface area (Å²) in [4.78, 5) is 2.12. The third kappa shape index (κ3) is 3.29. The maximum atomic E-state index is 13.9. The van der Waals surface area contributed by atoms with E-state index in [0.717, 1.165) is 12.1 Å². The molecule has 1 N–H and O–H groups in total. The summed E-state index contributed by atoms with van der Waals surface area (Å²) in [6.45, 7) is 0.931. The van der Waals surface area contributed by atoms with Gasteiger partial charge in [0, 0.05) is 12.1 Å². The molecule has 2 saturated heterocycles. The molecule has 0 amide bonds. The fourth-order valence-electron chi connectivity index (χ4n) is 3.38. The van der Waals surface area contributed by atoms with Gasteiger partial charge in [-0.1, -0.05) is 6.07 Å². The number of hydrogen-bond donors (Lipinski definition) is 1. The van der Waals surface area contributed by atoms with Crippen molar-refractivity contribution in [1.29, 1.82) is 0 Å². The number of halogens is 4. The van der Waals surface area contributed by atoms with Gasteiger partial charge < -0.3 is 14.6 Å². The largest absolute Gasteiger partial charge is 0.573 e. The van der Waals surface area contributed by atoms with Crippen molar-refractivity contribution < 1.29 is 32.1 Å². The fourth-order valence-corrected chi connectivity index (χ4v) is 3.38. The van der Waals surface area contributed by atoms with Gasteiger partial charge in [-0.3, -0.25) is 4.90 Å². The van der Waals surface area contributed by atoms with Crippen molar-refractivity contribution in [2.45, 2.75) is 36.9 Å². The zero-order valence-electron chi connectivity index (χ0n) is 12.4. The summed E-state index contributed by atoms with van der Waals surface area (Å²) in [6.07, 6.45) is -4.29. The Balaban J connectivity index is 1.85. The van der Waals surface area contributed by atoms with Crippen molar-refractivity contribution in [1.82, 2.24) is 4.90 Å². The van der Waals surface area contributed by atoms with E-state index in [4.69, 9.17) is 4.74 Å². The zero-order valence-corrected chi connectivity index (χ0v) is 12.4. The first-order valence-corrected chi connectivity index (χ1v) is 7.26. The minimum absolute atomic E-state index is 0.0123. The van der Waals surface area contributed by atoms with Crippen LogP contribution in [0.2, 0.25) is 0 Å². The molecule has 1 aromatic carbocycles. The number of alkyl halides is 3. The molecule has 4 nitrogen and oxygen atoms in total. The minimum atomic E-state index is -4.96. The van der Waals surface area contributed by atoms with Crippen molar-refractivity contribution in [3.05, 3.63) is 29.6 Å². The summed E-state index contributed by atoms with van der Waals surface area (Å²) in [5.41, 5.74) is -1.03. The first-order valence-electron chi connectivity index (χ1n) is 7.26. The van der Waals surface area contributed by atoms with Crippen LogP contribution in [0.15, 0.2) is 18.2 Å². The van der Waals surface area contributed by atoms with Crippen molar-refractivity contribution in [3.8, 4) is 5.75 Å². The highest BCUT2D eigenvalue weighted by atomic mass is 19.4. The summed E-state index contributed by atoms with van der Waals surface area (Å²) < 4.78 is 59.6. The Morgan fingerprint density at radius 3 is 2.39 bits per heavy atom. The van der Waals surface area contributed by atoms with E-state index in [-0.39, 0.29) is 17.6 Å². The number of piperidine rings is 1. The smallest absolute Gasteiger partial charge is 0.403 e. The van der Waals surface area contributed by atoms with Gasteiger partial charge in [0.15, 0.2) is 11.6 Å². The van der Waals surface area contributed by atoms with Crippen LogP contribution in [0.4, 0.5) is 17.6 Å². The molecular weight excluding hydrogens is 318 g/mol.